The fourth-order valence-corrected chi connectivity index (χ4v) is 1.60. The Kier molecular flexibility index (Phi) is 6.15. The van der Waals surface area contributed by atoms with E-state index in [1.54, 1.807) is 13.0 Å². The zero-order valence-corrected chi connectivity index (χ0v) is 11.8. The van der Waals surface area contributed by atoms with E-state index in [0.29, 0.717) is 36.9 Å². The van der Waals surface area contributed by atoms with Gasteiger partial charge in [0, 0.05) is 0 Å². The van der Waals surface area contributed by atoms with Crippen LogP contribution >= 0.6 is 0 Å². The molecule has 5 heteroatoms. The first kappa shape index (κ1) is 15.3. The lowest BCUT2D eigenvalue weighted by Crippen LogP contribution is -2.10. The van der Waals surface area contributed by atoms with Crippen LogP contribution in [0.2, 0.25) is 0 Å². The van der Waals surface area contributed by atoms with Gasteiger partial charge < -0.3 is 9.47 Å². The van der Waals surface area contributed by atoms with Gasteiger partial charge in [-0.05, 0) is 45.4 Å². The summed E-state index contributed by atoms with van der Waals surface area (Å²) in [6, 6.07) is 3.51. The van der Waals surface area contributed by atoms with Crippen molar-refractivity contribution in [2.24, 2.45) is 0 Å². The second kappa shape index (κ2) is 7.63. The van der Waals surface area contributed by atoms with Crippen LogP contribution in [0.25, 0.3) is 0 Å². The van der Waals surface area contributed by atoms with Crippen LogP contribution in [-0.4, -0.2) is 25.8 Å². The summed E-state index contributed by atoms with van der Waals surface area (Å²) in [6.07, 6.45) is 0. The SMILES string of the molecule is CCOOC(=O)c1cc(C)cc(OCC)c1OCC. The Bertz CT molecular complexity index is 428. The Morgan fingerprint density at radius 3 is 2.32 bits per heavy atom. The van der Waals surface area contributed by atoms with E-state index in [1.165, 1.54) is 0 Å². The van der Waals surface area contributed by atoms with Gasteiger partial charge in [-0.3, -0.25) is 4.89 Å². The van der Waals surface area contributed by atoms with Crippen molar-refractivity contribution in [3.8, 4) is 11.5 Å². The highest BCUT2D eigenvalue weighted by Crippen LogP contribution is 2.33. The minimum Gasteiger partial charge on any atom is -0.490 e. The summed E-state index contributed by atoms with van der Waals surface area (Å²) in [5, 5.41) is 0. The summed E-state index contributed by atoms with van der Waals surface area (Å²) in [5.41, 5.74) is 1.19. The first-order valence-electron chi connectivity index (χ1n) is 6.38. The molecule has 0 saturated heterocycles. The molecule has 0 heterocycles. The molecular weight excluding hydrogens is 248 g/mol. The van der Waals surface area contributed by atoms with E-state index in [9.17, 15) is 4.79 Å². The van der Waals surface area contributed by atoms with Crippen LogP contribution in [-0.2, 0) is 9.78 Å². The number of rotatable bonds is 7. The van der Waals surface area contributed by atoms with Gasteiger partial charge in [0.1, 0.15) is 5.56 Å². The molecule has 0 aromatic heterocycles. The molecule has 0 aliphatic carbocycles. The number of hydrogen-bond acceptors (Lipinski definition) is 5. The topological polar surface area (TPSA) is 54.0 Å². The second-order valence-corrected chi connectivity index (χ2v) is 3.78. The molecule has 1 rings (SSSR count). The van der Waals surface area contributed by atoms with Crippen molar-refractivity contribution in [2.45, 2.75) is 27.7 Å². The Labute approximate surface area is 113 Å². The van der Waals surface area contributed by atoms with Crippen LogP contribution in [0.4, 0.5) is 0 Å². The van der Waals surface area contributed by atoms with Crippen molar-refractivity contribution in [2.75, 3.05) is 19.8 Å². The number of ether oxygens (including phenoxy) is 2. The van der Waals surface area contributed by atoms with Crippen LogP contribution in [0.15, 0.2) is 12.1 Å². The van der Waals surface area contributed by atoms with Gasteiger partial charge in [0.25, 0.3) is 0 Å². The van der Waals surface area contributed by atoms with E-state index in [2.05, 4.69) is 9.78 Å². The average Bonchev–Trinajstić information content (AvgIpc) is 2.39. The van der Waals surface area contributed by atoms with E-state index >= 15 is 0 Å². The molecule has 106 valence electrons. The van der Waals surface area contributed by atoms with Gasteiger partial charge >= 0.3 is 5.97 Å². The summed E-state index contributed by atoms with van der Waals surface area (Å²) in [7, 11) is 0. The van der Waals surface area contributed by atoms with Crippen LogP contribution in [0.3, 0.4) is 0 Å². The summed E-state index contributed by atoms with van der Waals surface area (Å²) in [5.74, 6) is 0.336. The zero-order chi connectivity index (χ0) is 14.3. The monoisotopic (exact) mass is 268 g/mol. The second-order valence-electron chi connectivity index (χ2n) is 3.78. The van der Waals surface area contributed by atoms with Crippen LogP contribution < -0.4 is 9.47 Å². The smallest absolute Gasteiger partial charge is 0.376 e. The number of carbonyl (C=O) groups is 1. The maximum atomic E-state index is 11.9. The van der Waals surface area contributed by atoms with Crippen LogP contribution in [0, 0.1) is 6.92 Å². The van der Waals surface area contributed by atoms with E-state index in [4.69, 9.17) is 9.47 Å². The third-order valence-corrected chi connectivity index (χ3v) is 2.26. The molecular formula is C14H20O5. The fraction of sp³-hybridized carbons (Fsp3) is 0.500. The molecule has 0 saturated carbocycles. The van der Waals surface area contributed by atoms with Crippen molar-refractivity contribution in [1.29, 1.82) is 0 Å². The molecule has 0 radical (unpaired) electrons. The van der Waals surface area contributed by atoms with Gasteiger partial charge in [0.15, 0.2) is 11.5 Å². The van der Waals surface area contributed by atoms with Crippen molar-refractivity contribution in [3.05, 3.63) is 23.3 Å². The quantitative estimate of drug-likeness (QED) is 0.562. The van der Waals surface area contributed by atoms with Crippen LogP contribution in [0.1, 0.15) is 36.7 Å². The van der Waals surface area contributed by atoms with Crippen molar-refractivity contribution in [1.82, 2.24) is 0 Å². The normalized spacial score (nSPS) is 10.1. The van der Waals surface area contributed by atoms with Gasteiger partial charge in [-0.2, -0.15) is 4.89 Å². The van der Waals surface area contributed by atoms with Gasteiger partial charge in [0.05, 0.1) is 19.8 Å². The predicted octanol–water partition coefficient (Wildman–Crippen LogP) is 2.90. The predicted molar refractivity (Wildman–Crippen MR) is 70.6 cm³/mol. The molecule has 0 unspecified atom stereocenters. The van der Waals surface area contributed by atoms with Crippen molar-refractivity contribution >= 4 is 5.97 Å². The Morgan fingerprint density at radius 1 is 1.05 bits per heavy atom. The number of benzene rings is 1. The molecule has 0 aliphatic heterocycles. The molecule has 19 heavy (non-hydrogen) atoms. The molecule has 0 aliphatic rings. The molecule has 0 bridgehead atoms. The van der Waals surface area contributed by atoms with E-state index in [-0.39, 0.29) is 0 Å². The van der Waals surface area contributed by atoms with Crippen molar-refractivity contribution < 1.29 is 24.0 Å². The highest BCUT2D eigenvalue weighted by atomic mass is 17.2. The Morgan fingerprint density at radius 2 is 1.74 bits per heavy atom. The molecule has 1 aromatic carbocycles. The summed E-state index contributed by atoms with van der Waals surface area (Å²) in [6.45, 7) is 8.53. The van der Waals surface area contributed by atoms with Gasteiger partial charge in [-0.1, -0.05) is 0 Å². The summed E-state index contributed by atoms with van der Waals surface area (Å²) >= 11 is 0. The van der Waals surface area contributed by atoms with E-state index in [1.807, 2.05) is 26.8 Å². The highest BCUT2D eigenvalue weighted by molar-refractivity contribution is 5.93. The maximum Gasteiger partial charge on any atom is 0.376 e. The van der Waals surface area contributed by atoms with Gasteiger partial charge in [0.2, 0.25) is 0 Å². The first-order valence-corrected chi connectivity index (χ1v) is 6.38. The molecule has 1 aromatic rings. The van der Waals surface area contributed by atoms with Gasteiger partial charge in [-0.25, -0.2) is 4.79 Å². The van der Waals surface area contributed by atoms with Crippen molar-refractivity contribution in [3.63, 3.8) is 0 Å². The number of aryl methyl sites for hydroxylation is 1. The molecule has 0 fully saturated rings. The lowest BCUT2D eigenvalue weighted by atomic mass is 10.1. The lowest BCUT2D eigenvalue weighted by Gasteiger charge is -2.15. The molecule has 0 N–H and O–H groups in total. The zero-order valence-electron chi connectivity index (χ0n) is 11.8. The minimum absolute atomic E-state index is 0.292. The van der Waals surface area contributed by atoms with E-state index < -0.39 is 5.97 Å². The molecule has 0 spiro atoms. The number of hydrogen-bond donors (Lipinski definition) is 0. The summed E-state index contributed by atoms with van der Waals surface area (Å²) < 4.78 is 11.0. The molecule has 5 nitrogen and oxygen atoms in total. The molecule has 0 atom stereocenters. The fourth-order valence-electron chi connectivity index (χ4n) is 1.60. The maximum absolute atomic E-state index is 11.9. The summed E-state index contributed by atoms with van der Waals surface area (Å²) in [4.78, 5) is 21.3. The Balaban J connectivity index is 3.15. The van der Waals surface area contributed by atoms with E-state index in [0.717, 1.165) is 5.56 Å². The molecule has 0 amide bonds. The van der Waals surface area contributed by atoms with Crippen LogP contribution in [0.5, 0.6) is 11.5 Å². The highest BCUT2D eigenvalue weighted by Gasteiger charge is 2.20. The Hall–Kier alpha value is -1.75. The largest absolute Gasteiger partial charge is 0.490 e. The third-order valence-electron chi connectivity index (χ3n) is 2.26. The lowest BCUT2D eigenvalue weighted by molar-refractivity contribution is -0.237. The van der Waals surface area contributed by atoms with Gasteiger partial charge in [-0.15, -0.1) is 0 Å². The standard InChI is InChI=1S/C14H20O5/c1-5-16-12-9-10(4)8-11(13(12)17-6-2)14(15)19-18-7-3/h8-9H,5-7H2,1-4H3. The number of carbonyl (C=O) groups excluding carboxylic acids is 1. The third kappa shape index (κ3) is 4.13. The first-order chi connectivity index (χ1) is 9.13. The minimum atomic E-state index is -0.588. The average molecular weight is 268 g/mol.